The first-order valence-corrected chi connectivity index (χ1v) is 10.9. The number of carbonyl (C=O) groups is 2. The molecule has 1 aliphatic carbocycles. The predicted molar refractivity (Wildman–Crippen MR) is 110 cm³/mol. The zero-order valence-electron chi connectivity index (χ0n) is 17.0. The lowest BCUT2D eigenvalue weighted by molar-refractivity contribution is -0.144. The summed E-state index contributed by atoms with van der Waals surface area (Å²) in [6.45, 7) is -0.806. The quantitative estimate of drug-likeness (QED) is 0.563. The largest absolute Gasteiger partial charge is 0.497 e. The number of sulfonamides is 1. The summed E-state index contributed by atoms with van der Waals surface area (Å²) in [4.78, 5) is 23.9. The number of alkyl halides is 2. The Kier molecular flexibility index (Phi) is 8.01. The second kappa shape index (κ2) is 9.76. The standard InChI is InChI=1S/C19H24F2N2O6S.ClH/c1-28-14-7-3-12(4-8-14)11-23(30(26,27)18(25)13-5-6-13)16-10-22-15(19(16,20)21)9-17(24)29-2;/h3-4,7-8,13,15-16,22H,5-6,9-11H2,1-2H3;1H/t15-,16-;/m1./s1. The van der Waals surface area contributed by atoms with Gasteiger partial charge in [-0.2, -0.15) is 4.31 Å². The minimum Gasteiger partial charge on any atom is -0.497 e. The zero-order chi connectivity index (χ0) is 22.1. The van der Waals surface area contributed by atoms with Crippen LogP contribution in [0.2, 0.25) is 0 Å². The molecule has 2 aliphatic rings. The summed E-state index contributed by atoms with van der Waals surface area (Å²) in [7, 11) is -2.09. The Morgan fingerprint density at radius 2 is 1.81 bits per heavy atom. The average molecular weight is 483 g/mol. The molecule has 12 heteroatoms. The molecule has 1 aromatic carbocycles. The summed E-state index contributed by atoms with van der Waals surface area (Å²) in [5.41, 5.74) is 0.426. The van der Waals surface area contributed by atoms with Crippen LogP contribution in [0.3, 0.4) is 0 Å². The van der Waals surface area contributed by atoms with Crippen molar-refractivity contribution in [1.82, 2.24) is 9.62 Å². The van der Waals surface area contributed by atoms with Gasteiger partial charge in [-0.1, -0.05) is 12.1 Å². The Morgan fingerprint density at radius 1 is 1.19 bits per heavy atom. The monoisotopic (exact) mass is 482 g/mol. The molecule has 2 atom stereocenters. The summed E-state index contributed by atoms with van der Waals surface area (Å²) in [6, 6.07) is 2.84. The van der Waals surface area contributed by atoms with E-state index in [0.717, 1.165) is 7.11 Å². The molecule has 0 unspecified atom stereocenters. The van der Waals surface area contributed by atoms with E-state index in [1.165, 1.54) is 7.11 Å². The van der Waals surface area contributed by atoms with Crippen LogP contribution in [0.15, 0.2) is 24.3 Å². The van der Waals surface area contributed by atoms with Crippen molar-refractivity contribution in [3.8, 4) is 5.75 Å². The Hall–Kier alpha value is -1.82. The molecule has 1 saturated heterocycles. The molecule has 0 aromatic heterocycles. The summed E-state index contributed by atoms with van der Waals surface area (Å²) >= 11 is 0. The molecule has 0 spiro atoms. The van der Waals surface area contributed by atoms with Crippen LogP contribution >= 0.6 is 12.4 Å². The summed E-state index contributed by atoms with van der Waals surface area (Å²) in [5, 5.41) is 1.48. The van der Waals surface area contributed by atoms with Gasteiger partial charge in [0.05, 0.1) is 26.7 Å². The number of benzene rings is 1. The van der Waals surface area contributed by atoms with E-state index in [1.54, 1.807) is 24.3 Å². The highest BCUT2D eigenvalue weighted by atomic mass is 35.5. The van der Waals surface area contributed by atoms with Crippen molar-refractivity contribution in [2.75, 3.05) is 20.8 Å². The molecule has 1 aliphatic heterocycles. The van der Waals surface area contributed by atoms with Crippen molar-refractivity contribution in [2.24, 2.45) is 5.92 Å². The second-order valence-electron chi connectivity index (χ2n) is 7.42. The van der Waals surface area contributed by atoms with E-state index in [9.17, 15) is 18.0 Å². The molecular weight excluding hydrogens is 458 g/mol. The predicted octanol–water partition coefficient (Wildman–Crippen LogP) is 1.72. The minimum atomic E-state index is -4.64. The normalized spacial score (nSPS) is 22.6. The lowest BCUT2D eigenvalue weighted by Gasteiger charge is -2.32. The number of carbonyl (C=O) groups excluding carboxylic acids is 2. The number of esters is 1. The van der Waals surface area contributed by atoms with Gasteiger partial charge in [-0.05, 0) is 30.5 Å². The summed E-state index contributed by atoms with van der Waals surface area (Å²) in [6.07, 6.45) is 0.240. The molecule has 2 fully saturated rings. The molecule has 1 aromatic rings. The molecule has 1 N–H and O–H groups in total. The van der Waals surface area contributed by atoms with E-state index in [1.807, 2.05) is 0 Å². The topological polar surface area (TPSA) is 102 Å². The van der Waals surface area contributed by atoms with Crippen molar-refractivity contribution >= 4 is 33.5 Å². The third-order valence-electron chi connectivity index (χ3n) is 5.38. The molecule has 8 nitrogen and oxygen atoms in total. The first-order chi connectivity index (χ1) is 14.1. The van der Waals surface area contributed by atoms with Gasteiger partial charge in [0.1, 0.15) is 11.8 Å². The highest BCUT2D eigenvalue weighted by molar-refractivity contribution is 8.04. The van der Waals surface area contributed by atoms with Gasteiger partial charge < -0.3 is 14.8 Å². The average Bonchev–Trinajstić information content (AvgIpc) is 3.52. The zero-order valence-corrected chi connectivity index (χ0v) is 18.7. The molecule has 0 amide bonds. The molecule has 31 heavy (non-hydrogen) atoms. The van der Waals surface area contributed by atoms with Gasteiger partial charge in [-0.15, -0.1) is 12.4 Å². The molecule has 1 saturated carbocycles. The summed E-state index contributed by atoms with van der Waals surface area (Å²) in [5.74, 6) is -4.56. The van der Waals surface area contributed by atoms with Crippen LogP contribution in [0.5, 0.6) is 5.75 Å². The fraction of sp³-hybridized carbons (Fsp3) is 0.579. The number of methoxy groups -OCH3 is 2. The Balaban J connectivity index is 0.00000341. The van der Waals surface area contributed by atoms with E-state index < -0.39 is 64.5 Å². The molecule has 174 valence electrons. The SMILES string of the molecule is COC(=O)C[C@H]1NC[C@@H](N(Cc2ccc(OC)cc2)S(=O)(=O)C(=O)C2CC2)C1(F)F.Cl. The van der Waals surface area contributed by atoms with Crippen LogP contribution in [-0.2, 0) is 30.9 Å². The van der Waals surface area contributed by atoms with Crippen molar-refractivity contribution in [3.63, 3.8) is 0 Å². The maximum Gasteiger partial charge on any atom is 0.307 e. The van der Waals surface area contributed by atoms with Crippen molar-refractivity contribution in [3.05, 3.63) is 29.8 Å². The number of nitrogens with zero attached hydrogens (tertiary/aromatic N) is 1. The Bertz CT molecular complexity index is 908. The molecule has 0 radical (unpaired) electrons. The second-order valence-corrected chi connectivity index (χ2v) is 9.24. The lowest BCUT2D eigenvalue weighted by atomic mass is 10.0. The fourth-order valence-corrected chi connectivity index (χ4v) is 5.19. The highest BCUT2D eigenvalue weighted by Gasteiger charge is 2.58. The molecule has 3 rings (SSSR count). The van der Waals surface area contributed by atoms with E-state index in [-0.39, 0.29) is 12.4 Å². The number of hydrogen-bond donors (Lipinski definition) is 1. The van der Waals surface area contributed by atoms with Crippen LogP contribution in [-0.4, -0.2) is 62.6 Å². The third-order valence-corrected chi connectivity index (χ3v) is 7.23. The summed E-state index contributed by atoms with van der Waals surface area (Å²) < 4.78 is 66.4. The van der Waals surface area contributed by atoms with Crippen LogP contribution in [0.25, 0.3) is 0 Å². The van der Waals surface area contributed by atoms with E-state index >= 15 is 8.78 Å². The number of halogens is 3. The van der Waals surface area contributed by atoms with Gasteiger partial charge in [0.15, 0.2) is 0 Å². The number of rotatable bonds is 8. The minimum absolute atomic E-state index is 0. The lowest BCUT2D eigenvalue weighted by Crippen LogP contribution is -2.53. The van der Waals surface area contributed by atoms with E-state index in [2.05, 4.69) is 10.1 Å². The van der Waals surface area contributed by atoms with Crippen LogP contribution in [0.4, 0.5) is 8.78 Å². The first-order valence-electron chi connectivity index (χ1n) is 9.48. The van der Waals surface area contributed by atoms with Gasteiger partial charge in [0.2, 0.25) is 0 Å². The molecular formula is C19H25ClF2N2O6S. The Labute approximate surface area is 185 Å². The third kappa shape index (κ3) is 5.33. The van der Waals surface area contributed by atoms with Crippen LogP contribution in [0.1, 0.15) is 24.8 Å². The van der Waals surface area contributed by atoms with Crippen LogP contribution in [0, 0.1) is 5.92 Å². The van der Waals surface area contributed by atoms with Gasteiger partial charge in [-0.3, -0.25) is 9.59 Å². The first kappa shape index (κ1) is 25.4. The molecule has 0 bridgehead atoms. The molecule has 1 heterocycles. The van der Waals surface area contributed by atoms with E-state index in [0.29, 0.717) is 28.5 Å². The highest BCUT2D eigenvalue weighted by Crippen LogP contribution is 2.39. The van der Waals surface area contributed by atoms with Crippen molar-refractivity contribution in [2.45, 2.75) is 43.8 Å². The number of nitrogens with one attached hydrogen (secondary N) is 1. The maximum absolute atomic E-state index is 15.1. The Morgan fingerprint density at radius 3 is 2.32 bits per heavy atom. The van der Waals surface area contributed by atoms with Gasteiger partial charge in [0.25, 0.3) is 21.1 Å². The van der Waals surface area contributed by atoms with Gasteiger partial charge in [0, 0.05) is 19.0 Å². The fourth-order valence-electron chi connectivity index (χ4n) is 3.43. The van der Waals surface area contributed by atoms with Gasteiger partial charge >= 0.3 is 5.97 Å². The maximum atomic E-state index is 15.1. The number of ether oxygens (including phenoxy) is 2. The van der Waals surface area contributed by atoms with Crippen molar-refractivity contribution in [1.29, 1.82) is 0 Å². The van der Waals surface area contributed by atoms with Crippen LogP contribution < -0.4 is 10.1 Å². The van der Waals surface area contributed by atoms with Gasteiger partial charge in [-0.25, -0.2) is 17.2 Å². The smallest absolute Gasteiger partial charge is 0.307 e. The van der Waals surface area contributed by atoms with E-state index in [4.69, 9.17) is 4.74 Å². The van der Waals surface area contributed by atoms with Crippen molar-refractivity contribution < 1.29 is 36.3 Å². The number of hydrogen-bond acceptors (Lipinski definition) is 7.